The van der Waals surface area contributed by atoms with Crippen molar-refractivity contribution < 1.29 is 9.84 Å². The number of nitrogens with one attached hydrogen (secondary N) is 2. The number of rotatable bonds is 9. The fourth-order valence-corrected chi connectivity index (χ4v) is 3.24. The van der Waals surface area contributed by atoms with Crippen LogP contribution in [0.2, 0.25) is 0 Å². The number of thiophene rings is 1. The van der Waals surface area contributed by atoms with Crippen molar-refractivity contribution in [1.82, 2.24) is 10.6 Å². The minimum Gasteiger partial charge on any atom is -0.389 e. The molecule has 0 spiro atoms. The fourth-order valence-electron chi connectivity index (χ4n) is 2.41. The zero-order valence-electron chi connectivity index (χ0n) is 16.1. The summed E-state index contributed by atoms with van der Waals surface area (Å²) in [5.74, 6) is 0.704. The Morgan fingerprint density at radius 1 is 1.22 bits per heavy atom. The maximum absolute atomic E-state index is 10.2. The summed E-state index contributed by atoms with van der Waals surface area (Å²) in [6.45, 7) is 8.17. The Kier molecular flexibility index (Phi) is 11.6. The van der Waals surface area contributed by atoms with Crippen molar-refractivity contribution in [3.05, 3.63) is 57.8 Å². The van der Waals surface area contributed by atoms with Crippen molar-refractivity contribution in [2.75, 3.05) is 19.7 Å². The second kappa shape index (κ2) is 13.1. The molecule has 0 fully saturated rings. The Morgan fingerprint density at radius 2 is 1.96 bits per heavy atom. The van der Waals surface area contributed by atoms with E-state index in [1.54, 1.807) is 11.3 Å². The molecule has 0 bridgehead atoms. The smallest absolute Gasteiger partial charge is 0.191 e. The molecule has 0 aliphatic carbocycles. The Hall–Kier alpha value is -1.16. The molecule has 2 rings (SSSR count). The molecule has 1 aromatic carbocycles. The number of hydrogen-bond acceptors (Lipinski definition) is 4. The SMILES string of the molecule is CCNC(=NCc1sccc1C)NCC(O)COC(C)c1ccccc1.I. The van der Waals surface area contributed by atoms with Crippen LogP contribution in [0.4, 0.5) is 0 Å². The maximum Gasteiger partial charge on any atom is 0.191 e. The van der Waals surface area contributed by atoms with Gasteiger partial charge in [0.05, 0.1) is 25.4 Å². The van der Waals surface area contributed by atoms with Crippen molar-refractivity contribution in [2.45, 2.75) is 39.5 Å². The summed E-state index contributed by atoms with van der Waals surface area (Å²) in [4.78, 5) is 5.84. The molecule has 2 aromatic rings. The van der Waals surface area contributed by atoms with Crippen LogP contribution in [-0.4, -0.2) is 36.9 Å². The van der Waals surface area contributed by atoms with Crippen LogP contribution >= 0.6 is 35.3 Å². The van der Waals surface area contributed by atoms with E-state index in [-0.39, 0.29) is 36.7 Å². The number of halogens is 1. The van der Waals surface area contributed by atoms with Gasteiger partial charge in [0, 0.05) is 18.0 Å². The first-order valence-corrected chi connectivity index (χ1v) is 9.87. The third-order valence-electron chi connectivity index (χ3n) is 4.01. The normalized spacial score (nSPS) is 13.6. The predicted octanol–water partition coefficient (Wildman–Crippen LogP) is 3.87. The van der Waals surface area contributed by atoms with E-state index >= 15 is 0 Å². The van der Waals surface area contributed by atoms with Gasteiger partial charge in [-0.3, -0.25) is 0 Å². The van der Waals surface area contributed by atoms with Crippen LogP contribution in [0.15, 0.2) is 46.8 Å². The monoisotopic (exact) mass is 503 g/mol. The van der Waals surface area contributed by atoms with Crippen molar-refractivity contribution >= 4 is 41.3 Å². The molecule has 1 aromatic heterocycles. The third-order valence-corrected chi connectivity index (χ3v) is 5.01. The summed E-state index contributed by atoms with van der Waals surface area (Å²) >= 11 is 1.71. The number of guanidine groups is 1. The Bertz CT molecular complexity index is 679. The molecule has 0 aliphatic rings. The van der Waals surface area contributed by atoms with Gasteiger partial charge in [0.2, 0.25) is 0 Å². The van der Waals surface area contributed by atoms with E-state index in [0.717, 1.165) is 12.1 Å². The second-order valence-electron chi connectivity index (χ2n) is 6.14. The van der Waals surface area contributed by atoms with Gasteiger partial charge in [-0.1, -0.05) is 30.3 Å². The summed E-state index contributed by atoms with van der Waals surface area (Å²) < 4.78 is 5.77. The summed E-state index contributed by atoms with van der Waals surface area (Å²) in [6, 6.07) is 12.1. The van der Waals surface area contributed by atoms with E-state index in [9.17, 15) is 5.11 Å². The topological polar surface area (TPSA) is 65.9 Å². The highest BCUT2D eigenvalue weighted by Crippen LogP contribution is 2.17. The largest absolute Gasteiger partial charge is 0.389 e. The van der Waals surface area contributed by atoms with Crippen LogP contribution in [0, 0.1) is 6.92 Å². The molecule has 27 heavy (non-hydrogen) atoms. The first-order valence-electron chi connectivity index (χ1n) is 9.00. The van der Waals surface area contributed by atoms with Gasteiger partial charge in [0.25, 0.3) is 0 Å². The van der Waals surface area contributed by atoms with Gasteiger partial charge in [0.15, 0.2) is 5.96 Å². The van der Waals surface area contributed by atoms with Gasteiger partial charge in [-0.15, -0.1) is 35.3 Å². The summed E-state index contributed by atoms with van der Waals surface area (Å²) in [5.41, 5.74) is 2.37. The molecule has 3 N–H and O–H groups in total. The van der Waals surface area contributed by atoms with Crippen LogP contribution in [-0.2, 0) is 11.3 Å². The number of nitrogens with zero attached hydrogens (tertiary/aromatic N) is 1. The minimum absolute atomic E-state index is 0. The lowest BCUT2D eigenvalue weighted by Crippen LogP contribution is -2.42. The van der Waals surface area contributed by atoms with Gasteiger partial charge in [-0.25, -0.2) is 4.99 Å². The quantitative estimate of drug-likeness (QED) is 0.276. The van der Waals surface area contributed by atoms with Gasteiger partial charge in [0.1, 0.15) is 0 Å². The van der Waals surface area contributed by atoms with E-state index < -0.39 is 6.10 Å². The molecule has 1 heterocycles. The number of aliphatic imine (C=N–C) groups is 1. The van der Waals surface area contributed by atoms with Crippen LogP contribution in [0.5, 0.6) is 0 Å². The van der Waals surface area contributed by atoms with E-state index in [4.69, 9.17) is 4.74 Å². The summed E-state index contributed by atoms with van der Waals surface area (Å²) in [7, 11) is 0. The first-order chi connectivity index (χ1) is 12.6. The molecule has 2 unspecified atom stereocenters. The average molecular weight is 503 g/mol. The molecule has 150 valence electrons. The van der Waals surface area contributed by atoms with Crippen molar-refractivity contribution in [3.63, 3.8) is 0 Å². The highest BCUT2D eigenvalue weighted by molar-refractivity contribution is 14.0. The van der Waals surface area contributed by atoms with Gasteiger partial charge in [-0.05, 0) is 43.3 Å². The standard InChI is InChI=1S/C20H29N3O2S.HI/c1-4-21-20(23-13-19-15(2)10-11-26-19)22-12-18(24)14-25-16(3)17-8-6-5-7-9-17;/h5-11,16,18,24H,4,12-14H2,1-3H3,(H2,21,22,23);1H. The average Bonchev–Trinajstić information content (AvgIpc) is 3.07. The molecule has 2 atom stereocenters. The summed E-state index contributed by atoms with van der Waals surface area (Å²) in [6.07, 6.45) is -0.650. The number of aryl methyl sites for hydroxylation is 1. The number of aliphatic hydroxyl groups is 1. The van der Waals surface area contributed by atoms with E-state index in [0.29, 0.717) is 19.0 Å². The Balaban J connectivity index is 0.00000364. The van der Waals surface area contributed by atoms with Crippen molar-refractivity contribution in [2.24, 2.45) is 4.99 Å². The molecular weight excluding hydrogens is 473 g/mol. The van der Waals surface area contributed by atoms with Gasteiger partial charge < -0.3 is 20.5 Å². The molecule has 0 aliphatic heterocycles. The van der Waals surface area contributed by atoms with Crippen LogP contribution < -0.4 is 10.6 Å². The molecular formula is C20H30IN3O2S. The van der Waals surface area contributed by atoms with Crippen molar-refractivity contribution in [1.29, 1.82) is 0 Å². The highest BCUT2D eigenvalue weighted by Gasteiger charge is 2.10. The predicted molar refractivity (Wildman–Crippen MR) is 124 cm³/mol. The molecule has 0 radical (unpaired) electrons. The maximum atomic E-state index is 10.2. The molecule has 0 amide bonds. The van der Waals surface area contributed by atoms with Crippen LogP contribution in [0.1, 0.15) is 36.0 Å². The highest BCUT2D eigenvalue weighted by atomic mass is 127. The van der Waals surface area contributed by atoms with Crippen LogP contribution in [0.3, 0.4) is 0 Å². The number of benzene rings is 1. The van der Waals surface area contributed by atoms with Gasteiger partial charge in [-0.2, -0.15) is 0 Å². The van der Waals surface area contributed by atoms with E-state index in [2.05, 4.69) is 34.0 Å². The Labute approximate surface area is 183 Å². The van der Waals surface area contributed by atoms with Crippen LogP contribution in [0.25, 0.3) is 0 Å². The molecule has 7 heteroatoms. The fraction of sp³-hybridized carbons (Fsp3) is 0.450. The third kappa shape index (κ3) is 8.59. The molecule has 0 saturated carbocycles. The minimum atomic E-state index is -0.603. The lowest BCUT2D eigenvalue weighted by Gasteiger charge is -2.18. The van der Waals surface area contributed by atoms with E-state index in [1.807, 2.05) is 44.2 Å². The number of ether oxygens (including phenoxy) is 1. The van der Waals surface area contributed by atoms with Gasteiger partial charge >= 0.3 is 0 Å². The van der Waals surface area contributed by atoms with E-state index in [1.165, 1.54) is 10.4 Å². The lowest BCUT2D eigenvalue weighted by molar-refractivity contribution is -0.000599. The molecule has 5 nitrogen and oxygen atoms in total. The zero-order valence-corrected chi connectivity index (χ0v) is 19.3. The molecule has 0 saturated heterocycles. The van der Waals surface area contributed by atoms with Crippen molar-refractivity contribution in [3.8, 4) is 0 Å². The first kappa shape index (κ1) is 23.9. The Morgan fingerprint density at radius 3 is 2.59 bits per heavy atom. The summed E-state index contributed by atoms with van der Waals surface area (Å²) in [5, 5.41) is 18.7. The zero-order chi connectivity index (χ0) is 18.8. The second-order valence-corrected chi connectivity index (χ2v) is 7.14. The lowest BCUT2D eigenvalue weighted by atomic mass is 10.1. The number of aliphatic hydroxyl groups excluding tert-OH is 1. The number of hydrogen-bond donors (Lipinski definition) is 3.